The van der Waals surface area contributed by atoms with E-state index >= 15 is 0 Å². The van der Waals surface area contributed by atoms with E-state index < -0.39 is 11.6 Å². The number of hydrogen-bond acceptors (Lipinski definition) is 2. The summed E-state index contributed by atoms with van der Waals surface area (Å²) in [6.07, 6.45) is 13.4. The highest BCUT2D eigenvalue weighted by Crippen LogP contribution is 2.41. The van der Waals surface area contributed by atoms with Crippen molar-refractivity contribution in [3.63, 3.8) is 0 Å². The van der Waals surface area contributed by atoms with Crippen LogP contribution >= 0.6 is 0 Å². The van der Waals surface area contributed by atoms with E-state index in [1.54, 1.807) is 13.0 Å². The molecule has 0 aromatic heterocycles. The number of hydrogen-bond donors (Lipinski definition) is 0. The number of rotatable bonds is 9. The molecule has 0 bridgehead atoms. The molecular weight excluding hydrogens is 430 g/mol. The Bertz CT molecular complexity index is 895. The maximum absolute atomic E-state index is 14.6. The van der Waals surface area contributed by atoms with E-state index in [2.05, 4.69) is 6.92 Å². The zero-order valence-electron chi connectivity index (χ0n) is 20.8. The lowest BCUT2D eigenvalue weighted by Gasteiger charge is -2.38. The predicted molar refractivity (Wildman–Crippen MR) is 134 cm³/mol. The lowest BCUT2D eigenvalue weighted by atomic mass is 9.72. The fraction of sp³-hybridized carbons (Fsp3) is 0.600. The first-order valence-corrected chi connectivity index (χ1v) is 13.4. The minimum Gasteiger partial charge on any atom is -0.491 e. The zero-order valence-corrected chi connectivity index (χ0v) is 20.8. The summed E-state index contributed by atoms with van der Waals surface area (Å²) >= 11 is 0. The van der Waals surface area contributed by atoms with E-state index in [0.29, 0.717) is 18.1 Å². The average molecular weight is 471 g/mol. The van der Waals surface area contributed by atoms with Gasteiger partial charge in [-0.25, -0.2) is 4.39 Å². The van der Waals surface area contributed by atoms with Gasteiger partial charge in [0, 0.05) is 5.56 Å². The van der Waals surface area contributed by atoms with Gasteiger partial charge in [0.05, 0.1) is 19.3 Å². The molecule has 2 unspecified atom stereocenters. The van der Waals surface area contributed by atoms with Gasteiger partial charge in [0.15, 0.2) is 11.6 Å². The molecule has 2 atom stereocenters. The Morgan fingerprint density at radius 2 is 1.56 bits per heavy atom. The van der Waals surface area contributed by atoms with Crippen molar-refractivity contribution in [3.8, 4) is 16.9 Å². The van der Waals surface area contributed by atoms with Crippen molar-refractivity contribution in [1.82, 2.24) is 0 Å². The molecule has 2 fully saturated rings. The molecule has 0 spiro atoms. The Morgan fingerprint density at radius 1 is 0.824 bits per heavy atom. The first-order chi connectivity index (χ1) is 16.6. The molecule has 4 heteroatoms. The van der Waals surface area contributed by atoms with Crippen molar-refractivity contribution in [1.29, 1.82) is 0 Å². The molecule has 0 amide bonds. The summed E-state index contributed by atoms with van der Waals surface area (Å²) in [6, 6.07) is 10.8. The molecule has 1 saturated carbocycles. The highest BCUT2D eigenvalue weighted by Gasteiger charge is 2.31. The van der Waals surface area contributed by atoms with Gasteiger partial charge in [-0.15, -0.1) is 0 Å². The van der Waals surface area contributed by atoms with E-state index in [-0.39, 0.29) is 17.4 Å². The quantitative estimate of drug-likeness (QED) is 0.341. The summed E-state index contributed by atoms with van der Waals surface area (Å²) < 4.78 is 40.3. The van der Waals surface area contributed by atoms with Crippen LogP contribution in [0, 0.1) is 29.4 Å². The van der Waals surface area contributed by atoms with E-state index in [9.17, 15) is 8.78 Å². The monoisotopic (exact) mass is 470 g/mol. The molecule has 186 valence electrons. The maximum atomic E-state index is 14.6. The van der Waals surface area contributed by atoms with E-state index in [4.69, 9.17) is 9.47 Å². The van der Waals surface area contributed by atoms with Crippen LogP contribution < -0.4 is 4.74 Å². The van der Waals surface area contributed by atoms with Gasteiger partial charge in [-0.1, -0.05) is 69.7 Å². The third-order valence-electron chi connectivity index (χ3n) is 8.03. The number of halogens is 2. The topological polar surface area (TPSA) is 18.5 Å². The zero-order chi connectivity index (χ0) is 23.9. The molecule has 1 saturated heterocycles. The molecule has 2 aliphatic rings. The molecule has 0 N–H and O–H groups in total. The van der Waals surface area contributed by atoms with Gasteiger partial charge >= 0.3 is 0 Å². The Morgan fingerprint density at radius 3 is 2.21 bits per heavy atom. The SMILES string of the molecule is CCCCCC1CCC(C2CCC(c3ccc(-c4ccc(OCC)c(F)c4F)cc3)OC2)CC1. The fourth-order valence-corrected chi connectivity index (χ4v) is 5.94. The molecule has 34 heavy (non-hydrogen) atoms. The van der Waals surface area contributed by atoms with Gasteiger partial charge < -0.3 is 9.47 Å². The van der Waals surface area contributed by atoms with Crippen LogP contribution in [0.15, 0.2) is 36.4 Å². The predicted octanol–water partition coefficient (Wildman–Crippen LogP) is 8.88. The van der Waals surface area contributed by atoms with Crippen molar-refractivity contribution >= 4 is 0 Å². The van der Waals surface area contributed by atoms with E-state index in [1.165, 1.54) is 63.9 Å². The lowest BCUT2D eigenvalue weighted by molar-refractivity contribution is -0.0405. The van der Waals surface area contributed by atoms with Crippen molar-refractivity contribution in [2.45, 2.75) is 84.2 Å². The van der Waals surface area contributed by atoms with Crippen LogP contribution in [0.2, 0.25) is 0 Å². The third kappa shape index (κ3) is 6.00. The molecule has 2 aromatic rings. The summed E-state index contributed by atoms with van der Waals surface area (Å²) in [7, 11) is 0. The first kappa shape index (κ1) is 25.2. The van der Waals surface area contributed by atoms with Gasteiger partial charge in [-0.2, -0.15) is 4.39 Å². The van der Waals surface area contributed by atoms with Crippen molar-refractivity contribution in [2.75, 3.05) is 13.2 Å². The summed E-state index contributed by atoms with van der Waals surface area (Å²) in [5.41, 5.74) is 2.03. The summed E-state index contributed by atoms with van der Waals surface area (Å²) in [6.45, 7) is 5.17. The van der Waals surface area contributed by atoms with Crippen LogP contribution in [0.25, 0.3) is 11.1 Å². The highest BCUT2D eigenvalue weighted by molar-refractivity contribution is 5.65. The highest BCUT2D eigenvalue weighted by atomic mass is 19.2. The van der Waals surface area contributed by atoms with Crippen LogP contribution in [-0.4, -0.2) is 13.2 Å². The molecule has 2 aromatic carbocycles. The molecular formula is C30H40F2O2. The van der Waals surface area contributed by atoms with Crippen LogP contribution in [0.4, 0.5) is 8.78 Å². The van der Waals surface area contributed by atoms with Gasteiger partial charge in [0.25, 0.3) is 0 Å². The number of ether oxygens (including phenoxy) is 2. The number of benzene rings is 2. The van der Waals surface area contributed by atoms with Crippen LogP contribution in [-0.2, 0) is 4.74 Å². The molecule has 2 nitrogen and oxygen atoms in total. The minimum absolute atomic E-state index is 0.0458. The van der Waals surface area contributed by atoms with Crippen molar-refractivity contribution < 1.29 is 18.3 Å². The van der Waals surface area contributed by atoms with Gasteiger partial charge in [-0.3, -0.25) is 0 Å². The molecule has 4 rings (SSSR count). The molecule has 0 radical (unpaired) electrons. The standard InChI is InChI=1S/C30H40F2O2/c1-3-5-6-7-21-8-10-22(11-9-21)25-16-18-27(34-20-25)24-14-12-23(13-15-24)26-17-19-28(33-4-2)30(32)29(26)31/h12-15,17,19,21-22,25,27H,3-11,16,18,20H2,1-2H3. The smallest absolute Gasteiger partial charge is 0.201 e. The molecule has 1 aliphatic heterocycles. The van der Waals surface area contributed by atoms with Gasteiger partial charge in [-0.05, 0) is 73.6 Å². The molecule has 1 heterocycles. The Hall–Kier alpha value is -1.94. The summed E-state index contributed by atoms with van der Waals surface area (Å²) in [5, 5.41) is 0. The Balaban J connectivity index is 1.29. The minimum atomic E-state index is -0.930. The fourth-order valence-electron chi connectivity index (χ4n) is 5.94. The first-order valence-electron chi connectivity index (χ1n) is 13.4. The second-order valence-corrected chi connectivity index (χ2v) is 10.2. The van der Waals surface area contributed by atoms with E-state index in [0.717, 1.165) is 30.4 Å². The lowest BCUT2D eigenvalue weighted by Crippen LogP contribution is -2.29. The second-order valence-electron chi connectivity index (χ2n) is 10.2. The number of unbranched alkanes of at least 4 members (excludes halogenated alkanes) is 2. The van der Waals surface area contributed by atoms with Gasteiger partial charge in [0.2, 0.25) is 5.82 Å². The largest absolute Gasteiger partial charge is 0.491 e. The summed E-state index contributed by atoms with van der Waals surface area (Å²) in [5.74, 6) is 0.620. The normalized spacial score (nSPS) is 25.3. The van der Waals surface area contributed by atoms with Crippen molar-refractivity contribution in [2.24, 2.45) is 17.8 Å². The maximum Gasteiger partial charge on any atom is 0.201 e. The van der Waals surface area contributed by atoms with Crippen LogP contribution in [0.5, 0.6) is 5.75 Å². The van der Waals surface area contributed by atoms with Crippen LogP contribution in [0.1, 0.15) is 89.7 Å². The molecule has 1 aliphatic carbocycles. The second kappa shape index (κ2) is 12.2. The Labute approximate surface area is 204 Å². The summed E-state index contributed by atoms with van der Waals surface area (Å²) in [4.78, 5) is 0. The third-order valence-corrected chi connectivity index (χ3v) is 8.03. The Kier molecular flexibility index (Phi) is 8.99. The van der Waals surface area contributed by atoms with Gasteiger partial charge in [0.1, 0.15) is 0 Å². The van der Waals surface area contributed by atoms with Crippen molar-refractivity contribution in [3.05, 3.63) is 53.6 Å². The van der Waals surface area contributed by atoms with E-state index in [1.807, 2.05) is 24.3 Å². The van der Waals surface area contributed by atoms with Crippen LogP contribution in [0.3, 0.4) is 0 Å². The average Bonchev–Trinajstić information content (AvgIpc) is 2.88.